The van der Waals surface area contributed by atoms with E-state index in [1.807, 2.05) is 0 Å². The number of rotatable bonds is 29. The summed E-state index contributed by atoms with van der Waals surface area (Å²) in [5, 5.41) is 2.61. The molecule has 1 N–H and O–H groups in total. The summed E-state index contributed by atoms with van der Waals surface area (Å²) in [6.07, 6.45) is -3.40. The Bertz CT molecular complexity index is 691. The van der Waals surface area contributed by atoms with Gasteiger partial charge in [-0.1, -0.05) is 6.92 Å². The maximum Gasteiger partial charge on any atom is 0.470 e. The van der Waals surface area contributed by atoms with Crippen LogP contribution in [0.25, 0.3) is 0 Å². The normalized spacial score (nSPS) is 13.0. The van der Waals surface area contributed by atoms with Crippen molar-refractivity contribution in [1.29, 1.82) is 0 Å². The van der Waals surface area contributed by atoms with Crippen LogP contribution >= 0.6 is 0 Å². The molecule has 0 bridgehead atoms. The van der Waals surface area contributed by atoms with E-state index >= 15 is 0 Å². The summed E-state index contributed by atoms with van der Waals surface area (Å²) in [5.74, 6) is 0. The van der Waals surface area contributed by atoms with Crippen LogP contribution in [0.3, 0.4) is 0 Å². The smallest absolute Gasteiger partial charge is 0.394 e. The zero-order chi connectivity index (χ0) is 30.2. The topological polar surface area (TPSA) is 131 Å². The molecule has 0 saturated heterocycles. The summed E-state index contributed by atoms with van der Waals surface area (Å²) in [7, 11) is -6.04. The minimum atomic E-state index is -6.27. The molecule has 0 aliphatic carbocycles. The van der Waals surface area contributed by atoms with E-state index in [0.717, 1.165) is 26.2 Å². The van der Waals surface area contributed by atoms with Gasteiger partial charge in [0.1, 0.15) is 13.3 Å². The Morgan fingerprint density at radius 3 is 1.40 bits per heavy atom. The number of aliphatic hydroxyl groups is 1. The summed E-state index contributed by atoms with van der Waals surface area (Å²) in [4.78, 5) is 8.97. The van der Waals surface area contributed by atoms with Gasteiger partial charge in [0.25, 0.3) is 10.0 Å². The summed E-state index contributed by atoms with van der Waals surface area (Å²) >= 11 is 0. The lowest BCUT2D eigenvalue weighted by Crippen LogP contribution is -2.52. The molecule has 0 aromatic rings. The highest BCUT2D eigenvalue weighted by atomic mass is 32.2. The maximum atomic E-state index is 13.2. The quantitative estimate of drug-likeness (QED) is 0.0431. The predicted octanol–water partition coefficient (Wildman–Crippen LogP) is 1.96. The molecular weight excluding hydrogens is 581 g/mol. The first-order chi connectivity index (χ1) is 19.0. The zero-order valence-corrected chi connectivity index (χ0v) is 23.5. The molecule has 18 heteroatoms. The Morgan fingerprint density at radius 2 is 1.00 bits per heavy atom. The Labute approximate surface area is 231 Å². The van der Waals surface area contributed by atoms with E-state index in [4.69, 9.17) is 33.5 Å². The van der Waals surface area contributed by atoms with Crippen molar-refractivity contribution in [3.63, 3.8) is 0 Å². The molecule has 0 radical (unpaired) electrons. The molecule has 0 atom stereocenters. The molecule has 0 amide bonds. The molecule has 0 aromatic heterocycles. The molecule has 40 heavy (non-hydrogen) atoms. The van der Waals surface area contributed by atoms with Gasteiger partial charge in [0.15, 0.2) is 0 Å². The maximum absolute atomic E-state index is 13.2. The molecule has 0 heterocycles. The molecule has 0 aliphatic rings. The van der Waals surface area contributed by atoms with E-state index in [1.165, 1.54) is 0 Å². The van der Waals surface area contributed by atoms with Crippen LogP contribution in [0.4, 0.5) is 22.0 Å². The molecule has 0 spiro atoms. The fourth-order valence-electron chi connectivity index (χ4n) is 2.62. The van der Waals surface area contributed by atoms with Crippen molar-refractivity contribution >= 4 is 10.0 Å². The lowest BCUT2D eigenvalue weighted by atomic mass is 10.2. The predicted molar refractivity (Wildman–Crippen MR) is 130 cm³/mol. The molecule has 0 saturated carbocycles. The number of nitrogens with zero attached hydrogens (tertiary/aromatic N) is 1. The number of halogens is 5. The Balaban J connectivity index is 3.48. The first-order valence-corrected chi connectivity index (χ1v) is 14.2. The number of aliphatic hydroxyl groups excluding tert-OH is 1. The van der Waals surface area contributed by atoms with Crippen LogP contribution in [-0.4, -0.2) is 135 Å². The Kier molecular flexibility index (Phi) is 23.3. The summed E-state index contributed by atoms with van der Waals surface area (Å²) in [6.45, 7) is 3.54. The largest absolute Gasteiger partial charge is 0.470 e. The first kappa shape index (κ1) is 39.2. The molecule has 0 fully saturated rings. The number of unbranched alkanes of at least 4 members (excludes halogenated alkanes) is 2. The van der Waals surface area contributed by atoms with Crippen LogP contribution in [0.5, 0.6) is 0 Å². The minimum absolute atomic E-state index is 0.0289. The van der Waals surface area contributed by atoms with Crippen molar-refractivity contribution in [2.45, 2.75) is 37.6 Å². The zero-order valence-electron chi connectivity index (χ0n) is 22.7. The molecule has 0 aliphatic heterocycles. The van der Waals surface area contributed by atoms with E-state index in [2.05, 4.69) is 9.78 Å². The Hall–Kier alpha value is -0.800. The van der Waals surface area contributed by atoms with Crippen LogP contribution in [0.15, 0.2) is 0 Å². The van der Waals surface area contributed by atoms with Crippen molar-refractivity contribution in [2.24, 2.45) is 0 Å². The highest BCUT2D eigenvalue weighted by Crippen LogP contribution is 2.41. The third kappa shape index (κ3) is 17.9. The summed E-state index contributed by atoms with van der Waals surface area (Å²) in [5.41, 5.74) is 0. The van der Waals surface area contributed by atoms with E-state index in [-0.39, 0.29) is 37.3 Å². The third-order valence-corrected chi connectivity index (χ3v) is 6.66. The molecule has 0 aromatic carbocycles. The van der Waals surface area contributed by atoms with Crippen LogP contribution in [-0.2, 0) is 48.2 Å². The van der Waals surface area contributed by atoms with E-state index < -0.39 is 34.7 Å². The monoisotopic (exact) mass is 623 g/mol. The van der Waals surface area contributed by atoms with Crippen LogP contribution < -0.4 is 0 Å². The van der Waals surface area contributed by atoms with Crippen molar-refractivity contribution < 1.29 is 73.7 Å². The second-order valence-corrected chi connectivity index (χ2v) is 9.79. The van der Waals surface area contributed by atoms with E-state index in [0.29, 0.717) is 59.5 Å². The average Bonchev–Trinajstić information content (AvgIpc) is 2.89. The summed E-state index contributed by atoms with van der Waals surface area (Å²) in [6, 6.07) is 0. The average molecular weight is 624 g/mol. The van der Waals surface area contributed by atoms with Crippen molar-refractivity contribution in [1.82, 2.24) is 4.31 Å². The van der Waals surface area contributed by atoms with Crippen LogP contribution in [0.1, 0.15) is 26.2 Å². The van der Waals surface area contributed by atoms with Crippen LogP contribution in [0, 0.1) is 0 Å². The fourth-order valence-corrected chi connectivity index (χ4v) is 3.76. The number of sulfonamides is 1. The lowest BCUT2D eigenvalue weighted by molar-refractivity contribution is -0.313. The molecule has 0 unspecified atom stereocenters. The van der Waals surface area contributed by atoms with E-state index in [1.54, 1.807) is 0 Å². The summed E-state index contributed by atoms with van der Waals surface area (Å²) < 4.78 is 118. The van der Waals surface area contributed by atoms with Gasteiger partial charge in [-0.05, 0) is 19.3 Å². The Morgan fingerprint density at radius 1 is 0.600 bits per heavy atom. The van der Waals surface area contributed by atoms with Gasteiger partial charge >= 0.3 is 11.4 Å². The number of hydrogen-bond acceptors (Lipinski definition) is 11. The molecule has 0 rings (SSSR count). The fraction of sp³-hybridized carbons (Fsp3) is 1.00. The van der Waals surface area contributed by atoms with Gasteiger partial charge in [-0.2, -0.15) is 26.3 Å². The number of alkyl halides is 5. The van der Waals surface area contributed by atoms with Gasteiger partial charge in [-0.3, -0.25) is 0 Å². The highest BCUT2D eigenvalue weighted by Gasteiger charge is 2.68. The highest BCUT2D eigenvalue weighted by molar-refractivity contribution is 7.90. The number of hydrogen-bond donors (Lipinski definition) is 1. The second-order valence-electron chi connectivity index (χ2n) is 7.82. The van der Waals surface area contributed by atoms with Crippen LogP contribution in [0.2, 0.25) is 0 Å². The SMILES string of the molecule is CCN(COOCCOCCOCCOCCOCCOCCCCCOCCO)S(=O)(=O)C(F)(F)C(F)(F)F. The van der Waals surface area contributed by atoms with Crippen molar-refractivity contribution in [3.8, 4) is 0 Å². The third-order valence-electron chi connectivity index (χ3n) is 4.74. The minimum Gasteiger partial charge on any atom is -0.394 e. The van der Waals surface area contributed by atoms with Gasteiger partial charge in [0.2, 0.25) is 0 Å². The lowest BCUT2D eigenvalue weighted by Gasteiger charge is -2.26. The van der Waals surface area contributed by atoms with Gasteiger partial charge in [-0.25, -0.2) is 18.2 Å². The first-order valence-electron chi connectivity index (χ1n) is 12.8. The van der Waals surface area contributed by atoms with Gasteiger partial charge < -0.3 is 33.5 Å². The van der Waals surface area contributed by atoms with Gasteiger partial charge in [0, 0.05) is 19.8 Å². The van der Waals surface area contributed by atoms with Crippen molar-refractivity contribution in [3.05, 3.63) is 0 Å². The van der Waals surface area contributed by atoms with Crippen molar-refractivity contribution in [2.75, 3.05) is 106 Å². The van der Waals surface area contributed by atoms with Gasteiger partial charge in [-0.15, -0.1) is 0 Å². The molecule has 12 nitrogen and oxygen atoms in total. The molecule has 242 valence electrons. The number of ether oxygens (including phenoxy) is 6. The van der Waals surface area contributed by atoms with E-state index in [9.17, 15) is 30.4 Å². The standard InChI is InChI=1S/C22H42F5NO11S/c1-2-28(40(30,31)22(26,27)21(23,24)25)20-39-38-19-18-37-17-16-36-15-14-35-13-12-34-11-10-33-8-5-3-4-7-32-9-6-29/h29H,2-20H2,1H3. The molecular formula is C22H42F5NO11S. The van der Waals surface area contributed by atoms with Gasteiger partial charge in [0.05, 0.1) is 72.7 Å². The second kappa shape index (κ2) is 23.7.